The van der Waals surface area contributed by atoms with Crippen LogP contribution in [0.4, 0.5) is 5.82 Å². The van der Waals surface area contributed by atoms with Crippen LogP contribution in [0.3, 0.4) is 0 Å². The minimum Gasteiger partial charge on any atom is -0.396 e. The first-order chi connectivity index (χ1) is 6.24. The zero-order valence-corrected chi connectivity index (χ0v) is 9.71. The van der Waals surface area contributed by atoms with Crippen molar-refractivity contribution >= 4 is 40.0 Å². The van der Waals surface area contributed by atoms with E-state index in [-0.39, 0.29) is 11.9 Å². The zero-order chi connectivity index (χ0) is 9.68. The molecule has 4 nitrogen and oxygen atoms in total. The van der Waals surface area contributed by atoms with Crippen molar-refractivity contribution in [1.29, 1.82) is 0 Å². The fourth-order valence-corrected chi connectivity index (χ4v) is 1.34. The smallest absolute Gasteiger partial charge is 0.224 e. The van der Waals surface area contributed by atoms with E-state index in [1.165, 1.54) is 0 Å². The summed E-state index contributed by atoms with van der Waals surface area (Å²) in [5.74, 6) is 0.717. The van der Waals surface area contributed by atoms with Crippen molar-refractivity contribution in [1.82, 2.24) is 9.97 Å². The summed E-state index contributed by atoms with van der Waals surface area (Å²) >= 11 is 7.73. The number of halogens is 2. The van der Waals surface area contributed by atoms with Gasteiger partial charge < -0.3 is 10.4 Å². The van der Waals surface area contributed by atoms with Crippen LogP contribution in [0.2, 0.25) is 5.28 Å². The molecule has 1 rings (SSSR count). The van der Waals surface area contributed by atoms with Crippen molar-refractivity contribution in [3.63, 3.8) is 0 Å². The van der Waals surface area contributed by atoms with Gasteiger partial charge in [0.25, 0.3) is 0 Å². The maximum absolute atomic E-state index is 8.57. The maximum Gasteiger partial charge on any atom is 0.224 e. The number of aromatic nitrogens is 2. The highest BCUT2D eigenvalue weighted by Crippen LogP contribution is 2.15. The van der Waals surface area contributed by atoms with Gasteiger partial charge in [-0.2, -0.15) is 4.98 Å². The molecular weight excluding hydrogens is 304 g/mol. The minimum atomic E-state index is 0.169. The molecule has 0 radical (unpaired) electrons. The van der Waals surface area contributed by atoms with Crippen LogP contribution in [0.5, 0.6) is 0 Å². The van der Waals surface area contributed by atoms with Crippen molar-refractivity contribution < 1.29 is 5.11 Å². The summed E-state index contributed by atoms with van der Waals surface area (Å²) in [4.78, 5) is 7.82. The van der Waals surface area contributed by atoms with Gasteiger partial charge in [-0.05, 0) is 40.6 Å². The Morgan fingerprint density at radius 1 is 1.62 bits per heavy atom. The molecule has 1 aromatic rings. The van der Waals surface area contributed by atoms with E-state index in [0.717, 1.165) is 3.57 Å². The Morgan fingerprint density at radius 2 is 2.38 bits per heavy atom. The second-order valence-corrected chi connectivity index (χ2v) is 3.84. The Bertz CT molecular complexity index is 284. The molecule has 0 spiro atoms. The van der Waals surface area contributed by atoms with Gasteiger partial charge >= 0.3 is 0 Å². The zero-order valence-electron chi connectivity index (χ0n) is 6.80. The molecule has 1 heterocycles. The molecule has 0 aliphatic rings. The predicted octanol–water partition coefficient (Wildman–Crippen LogP) is 1.53. The number of hydrogen-bond donors (Lipinski definition) is 2. The van der Waals surface area contributed by atoms with E-state index < -0.39 is 0 Å². The van der Waals surface area contributed by atoms with Crippen LogP contribution in [-0.4, -0.2) is 28.2 Å². The lowest BCUT2D eigenvalue weighted by Crippen LogP contribution is -2.07. The summed E-state index contributed by atoms with van der Waals surface area (Å²) in [6.45, 7) is 0.849. The number of hydrogen-bond acceptors (Lipinski definition) is 4. The molecule has 0 aliphatic carbocycles. The average Bonchev–Trinajstić information content (AvgIpc) is 2.11. The van der Waals surface area contributed by atoms with Gasteiger partial charge in [0.1, 0.15) is 5.82 Å². The number of aliphatic hydroxyl groups excluding tert-OH is 1. The summed E-state index contributed by atoms with van der Waals surface area (Å²) in [5.41, 5.74) is 0. The van der Waals surface area contributed by atoms with Gasteiger partial charge in [0.2, 0.25) is 5.28 Å². The summed E-state index contributed by atoms with van der Waals surface area (Å²) in [7, 11) is 0. The molecule has 0 unspecified atom stereocenters. The van der Waals surface area contributed by atoms with Crippen molar-refractivity contribution in [3.05, 3.63) is 15.1 Å². The minimum absolute atomic E-state index is 0.169. The van der Waals surface area contributed by atoms with Gasteiger partial charge in [-0.1, -0.05) is 0 Å². The summed E-state index contributed by atoms with van der Waals surface area (Å²) < 4.78 is 0.917. The summed E-state index contributed by atoms with van der Waals surface area (Å²) in [6, 6.07) is 0. The second-order valence-electron chi connectivity index (χ2n) is 2.34. The number of rotatable bonds is 4. The van der Waals surface area contributed by atoms with Crippen LogP contribution in [0, 0.1) is 3.57 Å². The van der Waals surface area contributed by atoms with E-state index in [0.29, 0.717) is 18.8 Å². The van der Waals surface area contributed by atoms with Crippen molar-refractivity contribution in [2.45, 2.75) is 6.42 Å². The second kappa shape index (κ2) is 5.56. The Kier molecular flexibility index (Phi) is 4.68. The van der Waals surface area contributed by atoms with Crippen molar-refractivity contribution in [2.24, 2.45) is 0 Å². The highest BCUT2D eigenvalue weighted by molar-refractivity contribution is 14.1. The molecule has 1 aromatic heterocycles. The van der Waals surface area contributed by atoms with E-state index >= 15 is 0 Å². The highest BCUT2D eigenvalue weighted by Gasteiger charge is 2.01. The van der Waals surface area contributed by atoms with Gasteiger partial charge in [-0.3, -0.25) is 0 Å². The topological polar surface area (TPSA) is 58.0 Å². The molecule has 0 fully saturated rings. The van der Waals surface area contributed by atoms with Crippen LogP contribution in [0.25, 0.3) is 0 Å². The van der Waals surface area contributed by atoms with Crippen LogP contribution in [0.15, 0.2) is 6.20 Å². The number of nitrogens with one attached hydrogen (secondary N) is 1. The first kappa shape index (κ1) is 10.9. The van der Waals surface area contributed by atoms with E-state index in [2.05, 4.69) is 37.9 Å². The molecule has 0 amide bonds. The Balaban J connectivity index is 2.59. The van der Waals surface area contributed by atoms with Crippen LogP contribution < -0.4 is 5.32 Å². The fourth-order valence-electron chi connectivity index (χ4n) is 0.755. The number of aliphatic hydroxyl groups is 1. The fraction of sp³-hybridized carbons (Fsp3) is 0.429. The third-order valence-electron chi connectivity index (χ3n) is 1.34. The molecule has 0 atom stereocenters. The van der Waals surface area contributed by atoms with Gasteiger partial charge in [0, 0.05) is 19.3 Å². The lowest BCUT2D eigenvalue weighted by Gasteiger charge is -2.05. The molecule has 0 bridgehead atoms. The maximum atomic E-state index is 8.57. The normalized spacial score (nSPS) is 10.1. The molecule has 0 aromatic carbocycles. The first-order valence-electron chi connectivity index (χ1n) is 3.77. The lowest BCUT2D eigenvalue weighted by atomic mass is 10.4. The van der Waals surface area contributed by atoms with E-state index in [9.17, 15) is 0 Å². The van der Waals surface area contributed by atoms with Gasteiger partial charge in [-0.25, -0.2) is 4.98 Å². The molecule has 72 valence electrons. The van der Waals surface area contributed by atoms with E-state index in [1.54, 1.807) is 6.20 Å². The van der Waals surface area contributed by atoms with Gasteiger partial charge in [0.15, 0.2) is 0 Å². The largest absolute Gasteiger partial charge is 0.396 e. The number of anilines is 1. The standard InChI is InChI=1S/C7H9ClIN3O/c8-7-11-4-5(9)6(12-7)10-2-1-3-13/h4,13H,1-3H2,(H,10,11,12). The third kappa shape index (κ3) is 3.61. The molecule has 0 aliphatic heterocycles. The molecule has 0 saturated carbocycles. The predicted molar refractivity (Wildman–Crippen MR) is 60.0 cm³/mol. The Morgan fingerprint density at radius 3 is 3.08 bits per heavy atom. The van der Waals surface area contributed by atoms with Gasteiger partial charge in [0.05, 0.1) is 3.57 Å². The third-order valence-corrected chi connectivity index (χ3v) is 2.31. The SMILES string of the molecule is OCCCNc1nc(Cl)ncc1I. The van der Waals surface area contributed by atoms with Crippen molar-refractivity contribution in [2.75, 3.05) is 18.5 Å². The van der Waals surface area contributed by atoms with Crippen molar-refractivity contribution in [3.8, 4) is 0 Å². The van der Waals surface area contributed by atoms with Gasteiger partial charge in [-0.15, -0.1) is 0 Å². The first-order valence-corrected chi connectivity index (χ1v) is 5.22. The highest BCUT2D eigenvalue weighted by atomic mass is 127. The number of nitrogens with zero attached hydrogens (tertiary/aromatic N) is 2. The van der Waals surface area contributed by atoms with Crippen LogP contribution in [-0.2, 0) is 0 Å². The Hall–Kier alpha value is -0.140. The van der Waals surface area contributed by atoms with Crippen LogP contribution in [0.1, 0.15) is 6.42 Å². The molecular formula is C7H9ClIN3O. The molecule has 0 saturated heterocycles. The van der Waals surface area contributed by atoms with Crippen LogP contribution >= 0.6 is 34.2 Å². The monoisotopic (exact) mass is 313 g/mol. The molecule has 2 N–H and O–H groups in total. The average molecular weight is 314 g/mol. The molecule has 6 heteroatoms. The Labute approximate surface area is 94.9 Å². The lowest BCUT2D eigenvalue weighted by molar-refractivity contribution is 0.292. The molecule has 13 heavy (non-hydrogen) atoms. The van der Waals surface area contributed by atoms with E-state index in [1.807, 2.05) is 0 Å². The summed E-state index contributed by atoms with van der Waals surface area (Å²) in [6.07, 6.45) is 2.34. The van der Waals surface area contributed by atoms with E-state index in [4.69, 9.17) is 16.7 Å². The summed E-state index contributed by atoms with van der Waals surface area (Å²) in [5, 5.41) is 11.8. The quantitative estimate of drug-likeness (QED) is 0.503.